The number of nitrogens with one attached hydrogen (secondary N) is 1. The number of rotatable bonds is 1. The lowest BCUT2D eigenvalue weighted by Gasteiger charge is -2.23. The number of fused-ring (bicyclic) bond motifs is 1. The first-order chi connectivity index (χ1) is 9.22. The van der Waals surface area contributed by atoms with Gasteiger partial charge < -0.3 is 5.32 Å². The van der Waals surface area contributed by atoms with Gasteiger partial charge in [-0.1, -0.05) is 36.9 Å². The highest BCUT2D eigenvalue weighted by Crippen LogP contribution is 2.28. The third-order valence-electron chi connectivity index (χ3n) is 3.20. The molecule has 1 aliphatic heterocycles. The summed E-state index contributed by atoms with van der Waals surface area (Å²) in [5.41, 5.74) is 2.03. The van der Waals surface area contributed by atoms with E-state index in [1.807, 2.05) is 18.3 Å². The van der Waals surface area contributed by atoms with Crippen molar-refractivity contribution >= 4 is 33.5 Å². The molecule has 0 amide bonds. The lowest BCUT2D eigenvalue weighted by atomic mass is 10.2. The van der Waals surface area contributed by atoms with E-state index in [9.17, 15) is 0 Å². The van der Waals surface area contributed by atoms with Gasteiger partial charge in [0, 0.05) is 16.8 Å². The highest BCUT2D eigenvalue weighted by molar-refractivity contribution is 8.14. The van der Waals surface area contributed by atoms with Crippen LogP contribution < -0.4 is 5.32 Å². The molecule has 2 heterocycles. The van der Waals surface area contributed by atoms with Crippen molar-refractivity contribution in [1.82, 2.24) is 4.98 Å². The Balaban J connectivity index is 1.93. The molecule has 2 unspecified atom stereocenters. The number of nitrogens with zero attached hydrogens (tertiary/aromatic N) is 2. The summed E-state index contributed by atoms with van der Waals surface area (Å²) in [7, 11) is 0. The second-order valence-electron chi connectivity index (χ2n) is 4.95. The molecule has 0 saturated carbocycles. The third kappa shape index (κ3) is 2.73. The summed E-state index contributed by atoms with van der Waals surface area (Å²) in [5, 5.41) is 6.20. The van der Waals surface area contributed by atoms with Crippen molar-refractivity contribution in [1.29, 1.82) is 0 Å². The zero-order valence-electron chi connectivity index (χ0n) is 11.1. The molecule has 1 N–H and O–H groups in total. The van der Waals surface area contributed by atoms with Gasteiger partial charge in [-0.15, -0.1) is 0 Å². The molecule has 1 aliphatic rings. The van der Waals surface area contributed by atoms with E-state index in [0.717, 1.165) is 28.2 Å². The van der Waals surface area contributed by atoms with Crippen LogP contribution in [0.5, 0.6) is 0 Å². The molecule has 2 atom stereocenters. The number of hydrogen-bond acceptors (Lipinski definition) is 4. The number of thioether (sulfide) groups is 1. The van der Waals surface area contributed by atoms with Crippen molar-refractivity contribution in [3.05, 3.63) is 36.5 Å². The average Bonchev–Trinajstić information content (AvgIpc) is 2.38. The maximum absolute atomic E-state index is 4.68. The molecule has 1 aromatic carbocycles. The highest BCUT2D eigenvalue weighted by atomic mass is 32.2. The maximum atomic E-state index is 4.68. The third-order valence-corrected chi connectivity index (χ3v) is 4.22. The maximum Gasteiger partial charge on any atom is 0.161 e. The van der Waals surface area contributed by atoms with E-state index in [4.69, 9.17) is 0 Å². The van der Waals surface area contributed by atoms with E-state index < -0.39 is 0 Å². The number of amidine groups is 1. The van der Waals surface area contributed by atoms with Gasteiger partial charge >= 0.3 is 0 Å². The molecule has 0 saturated heterocycles. The molecule has 0 fully saturated rings. The highest BCUT2D eigenvalue weighted by Gasteiger charge is 2.18. The summed E-state index contributed by atoms with van der Waals surface area (Å²) in [6, 6.07) is 10.6. The SMILES string of the molecule is CC1CC(C)SC(Nc2cccc3cccnc23)=N1. The lowest BCUT2D eigenvalue weighted by molar-refractivity contribution is 0.661. The minimum Gasteiger partial charge on any atom is -0.333 e. The van der Waals surface area contributed by atoms with Crippen molar-refractivity contribution in [3.8, 4) is 0 Å². The first-order valence-electron chi connectivity index (χ1n) is 6.57. The molecule has 0 radical (unpaired) electrons. The molecule has 0 spiro atoms. The predicted molar refractivity (Wildman–Crippen MR) is 83.9 cm³/mol. The number of pyridine rings is 1. The van der Waals surface area contributed by atoms with Crippen LogP contribution in [0.1, 0.15) is 20.3 Å². The molecule has 19 heavy (non-hydrogen) atoms. The normalized spacial score (nSPS) is 23.2. The van der Waals surface area contributed by atoms with Crippen LogP contribution in [0.2, 0.25) is 0 Å². The van der Waals surface area contributed by atoms with Crippen molar-refractivity contribution in [2.24, 2.45) is 4.99 Å². The smallest absolute Gasteiger partial charge is 0.161 e. The fourth-order valence-corrected chi connectivity index (χ4v) is 3.55. The Morgan fingerprint density at radius 3 is 2.89 bits per heavy atom. The van der Waals surface area contributed by atoms with E-state index in [1.54, 1.807) is 11.8 Å². The Bertz CT molecular complexity index is 618. The fourth-order valence-electron chi connectivity index (χ4n) is 2.38. The summed E-state index contributed by atoms with van der Waals surface area (Å²) in [4.78, 5) is 9.13. The van der Waals surface area contributed by atoms with Gasteiger partial charge in [0.1, 0.15) is 0 Å². The van der Waals surface area contributed by atoms with E-state index in [2.05, 4.69) is 47.3 Å². The molecule has 0 aliphatic carbocycles. The van der Waals surface area contributed by atoms with E-state index in [-0.39, 0.29) is 0 Å². The molecular formula is C15H17N3S. The van der Waals surface area contributed by atoms with Crippen LogP contribution in [0.25, 0.3) is 10.9 Å². The van der Waals surface area contributed by atoms with Crippen molar-refractivity contribution in [3.63, 3.8) is 0 Å². The van der Waals surface area contributed by atoms with E-state index in [0.29, 0.717) is 11.3 Å². The molecule has 0 bridgehead atoms. The molecule has 3 nitrogen and oxygen atoms in total. The number of anilines is 1. The Labute approximate surface area is 117 Å². The molecule has 3 rings (SSSR count). The summed E-state index contributed by atoms with van der Waals surface area (Å²) in [6.45, 7) is 4.41. The quantitative estimate of drug-likeness (QED) is 0.854. The van der Waals surface area contributed by atoms with Crippen LogP contribution in [0.3, 0.4) is 0 Å². The number of benzene rings is 1. The Morgan fingerprint density at radius 1 is 1.21 bits per heavy atom. The first kappa shape index (κ1) is 12.5. The van der Waals surface area contributed by atoms with Crippen LogP contribution in [0.15, 0.2) is 41.5 Å². The number of aliphatic imine (C=N–C) groups is 1. The first-order valence-corrected chi connectivity index (χ1v) is 7.45. The Hall–Kier alpha value is -1.55. The largest absolute Gasteiger partial charge is 0.333 e. The van der Waals surface area contributed by atoms with Crippen molar-refractivity contribution < 1.29 is 0 Å². The van der Waals surface area contributed by atoms with Crippen LogP contribution in [0.4, 0.5) is 5.69 Å². The van der Waals surface area contributed by atoms with Gasteiger partial charge in [0.05, 0.1) is 17.2 Å². The second kappa shape index (κ2) is 5.21. The second-order valence-corrected chi connectivity index (χ2v) is 6.38. The van der Waals surface area contributed by atoms with Crippen molar-refractivity contribution in [2.45, 2.75) is 31.6 Å². The van der Waals surface area contributed by atoms with Crippen LogP contribution >= 0.6 is 11.8 Å². The zero-order valence-corrected chi connectivity index (χ0v) is 11.9. The number of hydrogen-bond donors (Lipinski definition) is 1. The summed E-state index contributed by atoms with van der Waals surface area (Å²) < 4.78 is 0. The summed E-state index contributed by atoms with van der Waals surface area (Å²) in [6.07, 6.45) is 2.97. The van der Waals surface area contributed by atoms with Crippen molar-refractivity contribution in [2.75, 3.05) is 5.32 Å². The van der Waals surface area contributed by atoms with Crippen LogP contribution in [0, 0.1) is 0 Å². The predicted octanol–water partition coefficient (Wildman–Crippen LogP) is 3.92. The molecular weight excluding hydrogens is 254 g/mol. The van der Waals surface area contributed by atoms with Gasteiger partial charge in [0.2, 0.25) is 0 Å². The zero-order chi connectivity index (χ0) is 13.2. The van der Waals surface area contributed by atoms with Crippen LogP contribution in [-0.2, 0) is 0 Å². The van der Waals surface area contributed by atoms with E-state index in [1.165, 1.54) is 0 Å². The monoisotopic (exact) mass is 271 g/mol. The Kier molecular flexibility index (Phi) is 3.42. The minimum atomic E-state index is 0.390. The van der Waals surface area contributed by atoms with Gasteiger partial charge in [-0.2, -0.15) is 0 Å². The number of para-hydroxylation sites is 1. The Morgan fingerprint density at radius 2 is 2.05 bits per heavy atom. The minimum absolute atomic E-state index is 0.390. The molecule has 2 aromatic rings. The topological polar surface area (TPSA) is 37.3 Å². The lowest BCUT2D eigenvalue weighted by Crippen LogP contribution is -2.22. The standard InChI is InChI=1S/C15H17N3S/c1-10-9-11(2)19-15(17-10)18-13-7-3-5-12-6-4-8-16-14(12)13/h3-8,10-11H,9H2,1-2H3,(H,17,18). The van der Waals surface area contributed by atoms with Crippen LogP contribution in [-0.4, -0.2) is 21.4 Å². The fraction of sp³-hybridized carbons (Fsp3) is 0.333. The average molecular weight is 271 g/mol. The van der Waals surface area contributed by atoms with Gasteiger partial charge in [0.15, 0.2) is 5.17 Å². The van der Waals surface area contributed by atoms with Gasteiger partial charge in [0.25, 0.3) is 0 Å². The molecule has 98 valence electrons. The van der Waals surface area contributed by atoms with Gasteiger partial charge in [-0.3, -0.25) is 9.98 Å². The van der Waals surface area contributed by atoms with Gasteiger partial charge in [-0.05, 0) is 25.5 Å². The molecule has 4 heteroatoms. The number of aromatic nitrogens is 1. The van der Waals surface area contributed by atoms with Gasteiger partial charge in [-0.25, -0.2) is 0 Å². The molecule has 1 aromatic heterocycles. The van der Waals surface area contributed by atoms with E-state index >= 15 is 0 Å². The summed E-state index contributed by atoms with van der Waals surface area (Å²) in [5.74, 6) is 0. The summed E-state index contributed by atoms with van der Waals surface area (Å²) >= 11 is 1.80.